The maximum Gasteiger partial charge on any atom is 0.262 e. The third-order valence-corrected chi connectivity index (χ3v) is 6.52. The van der Waals surface area contributed by atoms with E-state index in [1.165, 1.54) is 6.92 Å². The fourth-order valence-corrected chi connectivity index (χ4v) is 5.03. The van der Waals surface area contributed by atoms with E-state index >= 15 is 0 Å². The summed E-state index contributed by atoms with van der Waals surface area (Å²) < 4.78 is 34.4. The molecule has 1 aromatic heterocycles. The molecule has 0 aliphatic heterocycles. The molecule has 1 heterocycles. The van der Waals surface area contributed by atoms with E-state index in [0.29, 0.717) is 34.0 Å². The van der Waals surface area contributed by atoms with Gasteiger partial charge in [0, 0.05) is 6.92 Å². The van der Waals surface area contributed by atoms with Crippen LogP contribution in [0.1, 0.15) is 46.2 Å². The predicted molar refractivity (Wildman–Crippen MR) is 127 cm³/mol. The molecule has 3 rings (SSSR count). The lowest BCUT2D eigenvalue weighted by atomic mass is 10.1. The van der Waals surface area contributed by atoms with Gasteiger partial charge in [-0.05, 0) is 69.0 Å². The summed E-state index contributed by atoms with van der Waals surface area (Å²) in [6.45, 7) is 10.6. The molecule has 0 atom stereocenters. The first-order valence-corrected chi connectivity index (χ1v) is 11.6. The van der Waals surface area contributed by atoms with Gasteiger partial charge in [-0.15, -0.1) is 0 Å². The number of anilines is 2. The first-order chi connectivity index (χ1) is 15.0. The minimum Gasteiger partial charge on any atom is -0.354 e. The van der Waals surface area contributed by atoms with E-state index in [1.807, 2.05) is 39.0 Å². The Morgan fingerprint density at radius 1 is 0.938 bits per heavy atom. The molecule has 8 heteroatoms. The highest BCUT2D eigenvalue weighted by atomic mass is 32.2. The van der Waals surface area contributed by atoms with Gasteiger partial charge in [-0.2, -0.15) is 0 Å². The Labute approximate surface area is 188 Å². The van der Waals surface area contributed by atoms with Crippen molar-refractivity contribution in [3.05, 3.63) is 69.6 Å². The smallest absolute Gasteiger partial charge is 0.262 e. The van der Waals surface area contributed by atoms with Crippen LogP contribution in [0.15, 0.2) is 39.8 Å². The summed E-state index contributed by atoms with van der Waals surface area (Å²) in [4.78, 5) is 11.6. The van der Waals surface area contributed by atoms with Crippen LogP contribution in [0.3, 0.4) is 0 Å². The Hall–Kier alpha value is -3.39. The van der Waals surface area contributed by atoms with Crippen LogP contribution in [0.2, 0.25) is 0 Å². The molecular weight excluding hydrogens is 426 g/mol. The minimum atomic E-state index is -3.80. The van der Waals surface area contributed by atoms with Gasteiger partial charge in [-0.3, -0.25) is 9.52 Å². The molecule has 32 heavy (non-hydrogen) atoms. The van der Waals surface area contributed by atoms with Crippen molar-refractivity contribution in [3.8, 4) is 0 Å². The van der Waals surface area contributed by atoms with Crippen molar-refractivity contribution in [2.24, 2.45) is 0 Å². The molecule has 2 aromatic carbocycles. The molecule has 0 saturated carbocycles. The fourth-order valence-electron chi connectivity index (χ4n) is 3.54. The maximum atomic E-state index is 13.2. The number of nitrogens with one attached hydrogen (secondary N) is 2. The summed E-state index contributed by atoms with van der Waals surface area (Å²) in [5, 5.41) is 6.57. The zero-order chi connectivity index (χ0) is 23.6. The number of sulfonamides is 1. The summed E-state index contributed by atoms with van der Waals surface area (Å²) in [6.07, 6.45) is 3.36. The lowest BCUT2D eigenvalue weighted by Gasteiger charge is -2.16. The number of hydrogen-bond donors (Lipinski definition) is 2. The highest BCUT2D eigenvalue weighted by Crippen LogP contribution is 2.28. The van der Waals surface area contributed by atoms with Gasteiger partial charge in [0.05, 0.1) is 10.6 Å². The molecule has 0 fully saturated rings. The third-order valence-electron chi connectivity index (χ3n) is 5.03. The van der Waals surface area contributed by atoms with E-state index in [9.17, 15) is 13.2 Å². The number of carbonyl (C=O) groups is 1. The van der Waals surface area contributed by atoms with Crippen LogP contribution in [0, 0.1) is 34.6 Å². The second-order valence-corrected chi connectivity index (χ2v) is 9.58. The number of rotatable bonds is 6. The zero-order valence-electron chi connectivity index (χ0n) is 19.0. The standard InChI is InChI=1S/C24H27N3O4S/c1-14-11-16(3)23(17(4)12-14)27-32(29,30)22-13-20(8-7-15(22)2)9-10-21-24(25-19(6)28)18(5)26-31-21/h7-13,27H,1-6H3,(H,25,28)/b10-9-. The Bertz CT molecular complexity index is 1300. The number of benzene rings is 2. The monoisotopic (exact) mass is 453 g/mol. The van der Waals surface area contributed by atoms with E-state index in [1.54, 1.807) is 38.1 Å². The summed E-state index contributed by atoms with van der Waals surface area (Å²) in [5.41, 5.74) is 5.74. The van der Waals surface area contributed by atoms with Crippen LogP contribution >= 0.6 is 0 Å². The van der Waals surface area contributed by atoms with Gasteiger partial charge in [-0.1, -0.05) is 41.1 Å². The van der Waals surface area contributed by atoms with Crippen molar-refractivity contribution in [2.45, 2.75) is 46.4 Å². The quantitative estimate of drug-likeness (QED) is 0.538. The van der Waals surface area contributed by atoms with Crippen molar-refractivity contribution in [1.82, 2.24) is 5.16 Å². The molecule has 7 nitrogen and oxygen atoms in total. The Morgan fingerprint density at radius 2 is 1.59 bits per heavy atom. The Kier molecular flexibility index (Phi) is 6.55. The van der Waals surface area contributed by atoms with Crippen molar-refractivity contribution in [3.63, 3.8) is 0 Å². The largest absolute Gasteiger partial charge is 0.354 e. The molecular formula is C24H27N3O4S. The normalized spacial score (nSPS) is 11.7. The van der Waals surface area contributed by atoms with Crippen LogP contribution < -0.4 is 10.0 Å². The van der Waals surface area contributed by atoms with Crippen molar-refractivity contribution in [2.75, 3.05) is 10.0 Å². The summed E-state index contributed by atoms with van der Waals surface area (Å²) in [5.74, 6) is 0.147. The summed E-state index contributed by atoms with van der Waals surface area (Å²) in [6, 6.07) is 9.07. The molecule has 0 spiro atoms. The van der Waals surface area contributed by atoms with Crippen LogP contribution in [0.4, 0.5) is 11.4 Å². The molecule has 0 aliphatic rings. The van der Waals surface area contributed by atoms with E-state index in [2.05, 4.69) is 15.2 Å². The van der Waals surface area contributed by atoms with Crippen LogP contribution in [-0.2, 0) is 14.8 Å². The number of aryl methyl sites for hydroxylation is 5. The molecule has 0 radical (unpaired) electrons. The van der Waals surface area contributed by atoms with Gasteiger partial charge in [-0.25, -0.2) is 8.42 Å². The SMILES string of the molecule is CC(=O)Nc1c(C)noc1/C=C\c1ccc(C)c(S(=O)(=O)Nc2c(C)cc(C)cc2C)c1. The molecule has 2 N–H and O–H groups in total. The number of nitrogens with zero attached hydrogens (tertiary/aromatic N) is 1. The highest BCUT2D eigenvalue weighted by Gasteiger charge is 2.19. The van der Waals surface area contributed by atoms with E-state index in [-0.39, 0.29) is 10.8 Å². The topological polar surface area (TPSA) is 101 Å². The van der Waals surface area contributed by atoms with E-state index in [0.717, 1.165) is 16.7 Å². The molecule has 0 unspecified atom stereocenters. The molecule has 1 amide bonds. The number of amides is 1. The number of hydrogen-bond acceptors (Lipinski definition) is 5. The average molecular weight is 454 g/mol. The van der Waals surface area contributed by atoms with Gasteiger partial charge in [0.1, 0.15) is 11.4 Å². The van der Waals surface area contributed by atoms with Gasteiger partial charge in [0.2, 0.25) is 5.91 Å². The molecule has 3 aromatic rings. The third kappa shape index (κ3) is 5.08. The maximum absolute atomic E-state index is 13.2. The van der Waals surface area contributed by atoms with Crippen molar-refractivity contribution < 1.29 is 17.7 Å². The minimum absolute atomic E-state index is 0.190. The van der Waals surface area contributed by atoms with Gasteiger partial charge in [0.15, 0.2) is 5.76 Å². The van der Waals surface area contributed by atoms with E-state index < -0.39 is 10.0 Å². The second kappa shape index (κ2) is 9.00. The lowest BCUT2D eigenvalue weighted by molar-refractivity contribution is -0.114. The summed E-state index contributed by atoms with van der Waals surface area (Å²) >= 11 is 0. The molecule has 0 saturated heterocycles. The number of aromatic nitrogens is 1. The van der Waals surface area contributed by atoms with Gasteiger partial charge in [0.25, 0.3) is 10.0 Å². The van der Waals surface area contributed by atoms with E-state index in [4.69, 9.17) is 4.52 Å². The zero-order valence-corrected chi connectivity index (χ0v) is 19.8. The lowest BCUT2D eigenvalue weighted by Crippen LogP contribution is -2.16. The van der Waals surface area contributed by atoms with Crippen LogP contribution in [-0.4, -0.2) is 19.5 Å². The second-order valence-electron chi connectivity index (χ2n) is 7.93. The number of carbonyl (C=O) groups excluding carboxylic acids is 1. The van der Waals surface area contributed by atoms with Crippen LogP contribution in [0.5, 0.6) is 0 Å². The van der Waals surface area contributed by atoms with Gasteiger partial charge < -0.3 is 9.84 Å². The van der Waals surface area contributed by atoms with Gasteiger partial charge >= 0.3 is 0 Å². The fraction of sp³-hybridized carbons (Fsp3) is 0.250. The first-order valence-electron chi connectivity index (χ1n) is 10.1. The average Bonchev–Trinajstić information content (AvgIpc) is 3.03. The highest BCUT2D eigenvalue weighted by molar-refractivity contribution is 7.92. The Morgan fingerprint density at radius 3 is 2.22 bits per heavy atom. The van der Waals surface area contributed by atoms with Crippen LogP contribution in [0.25, 0.3) is 12.2 Å². The predicted octanol–water partition coefficient (Wildman–Crippen LogP) is 5.15. The molecule has 168 valence electrons. The Balaban J connectivity index is 1.94. The molecule has 0 aliphatic carbocycles. The molecule has 0 bridgehead atoms. The first kappa shape index (κ1) is 23.3. The van der Waals surface area contributed by atoms with Crippen molar-refractivity contribution in [1.29, 1.82) is 0 Å². The summed E-state index contributed by atoms with van der Waals surface area (Å²) in [7, 11) is -3.80. The van der Waals surface area contributed by atoms with Crippen molar-refractivity contribution >= 4 is 39.5 Å².